The Morgan fingerprint density at radius 3 is 2.45 bits per heavy atom. The summed E-state index contributed by atoms with van der Waals surface area (Å²) in [5.41, 5.74) is 6.14. The quantitative estimate of drug-likeness (QED) is 0.938. The van der Waals surface area contributed by atoms with Crippen LogP contribution < -0.4 is 5.73 Å². The van der Waals surface area contributed by atoms with Gasteiger partial charge in [-0.25, -0.2) is 8.78 Å². The summed E-state index contributed by atoms with van der Waals surface area (Å²) in [4.78, 5) is 4.27. The van der Waals surface area contributed by atoms with E-state index in [9.17, 15) is 8.78 Å². The predicted molar refractivity (Wildman–Crippen MR) is 67.8 cm³/mol. The fourth-order valence-electron chi connectivity index (χ4n) is 2.64. The molecular formula is C14H15F2N3O. The van der Waals surface area contributed by atoms with Gasteiger partial charge in [-0.2, -0.15) is 4.98 Å². The average molecular weight is 279 g/mol. The van der Waals surface area contributed by atoms with Crippen LogP contribution in [0.15, 0.2) is 22.7 Å². The lowest BCUT2D eigenvalue weighted by Gasteiger charge is -2.17. The molecule has 1 aromatic heterocycles. The molecule has 0 saturated heterocycles. The van der Waals surface area contributed by atoms with Gasteiger partial charge in [-0.1, -0.05) is 18.0 Å². The molecule has 1 heterocycles. The highest BCUT2D eigenvalue weighted by Gasteiger charge is 2.36. The Morgan fingerprint density at radius 1 is 1.15 bits per heavy atom. The minimum Gasteiger partial charge on any atom is -0.337 e. The Morgan fingerprint density at radius 2 is 1.80 bits per heavy atom. The van der Waals surface area contributed by atoms with Gasteiger partial charge in [0.25, 0.3) is 0 Å². The van der Waals surface area contributed by atoms with Gasteiger partial charge in [0.05, 0.1) is 5.54 Å². The van der Waals surface area contributed by atoms with Crippen molar-refractivity contribution in [1.82, 2.24) is 10.1 Å². The third-order valence-corrected chi connectivity index (χ3v) is 3.67. The van der Waals surface area contributed by atoms with Crippen molar-refractivity contribution >= 4 is 0 Å². The molecule has 0 radical (unpaired) electrons. The molecule has 0 unspecified atom stereocenters. The zero-order valence-corrected chi connectivity index (χ0v) is 10.9. The maximum Gasteiger partial charge on any atom is 0.246 e. The number of rotatable bonds is 3. The molecule has 3 rings (SSSR count). The summed E-state index contributed by atoms with van der Waals surface area (Å²) < 4.78 is 31.4. The van der Waals surface area contributed by atoms with Crippen molar-refractivity contribution in [2.45, 2.75) is 37.6 Å². The van der Waals surface area contributed by atoms with Gasteiger partial charge in [0.1, 0.15) is 11.6 Å². The number of halogens is 2. The van der Waals surface area contributed by atoms with Crippen LogP contribution in [0.5, 0.6) is 0 Å². The van der Waals surface area contributed by atoms with Crippen molar-refractivity contribution in [2.75, 3.05) is 0 Å². The first kappa shape index (κ1) is 13.2. The van der Waals surface area contributed by atoms with E-state index in [-0.39, 0.29) is 6.42 Å². The van der Waals surface area contributed by atoms with Gasteiger partial charge in [0.15, 0.2) is 5.82 Å². The van der Waals surface area contributed by atoms with E-state index in [1.54, 1.807) is 0 Å². The Kier molecular flexibility index (Phi) is 3.25. The van der Waals surface area contributed by atoms with E-state index in [0.717, 1.165) is 31.7 Å². The van der Waals surface area contributed by atoms with Gasteiger partial charge < -0.3 is 10.3 Å². The molecule has 0 amide bonds. The first-order valence-electron chi connectivity index (χ1n) is 6.62. The van der Waals surface area contributed by atoms with E-state index in [1.807, 2.05) is 0 Å². The summed E-state index contributed by atoms with van der Waals surface area (Å²) in [6.45, 7) is 0. The number of benzene rings is 1. The van der Waals surface area contributed by atoms with Gasteiger partial charge in [-0.05, 0) is 30.5 Å². The highest BCUT2D eigenvalue weighted by Crippen LogP contribution is 2.35. The van der Waals surface area contributed by atoms with E-state index in [0.29, 0.717) is 17.3 Å². The molecule has 0 bridgehead atoms. The maximum atomic E-state index is 13.1. The second-order valence-corrected chi connectivity index (χ2v) is 5.33. The van der Waals surface area contributed by atoms with Crippen LogP contribution in [0.3, 0.4) is 0 Å². The maximum absolute atomic E-state index is 13.1. The van der Waals surface area contributed by atoms with Crippen molar-refractivity contribution in [3.63, 3.8) is 0 Å². The first-order chi connectivity index (χ1) is 9.55. The summed E-state index contributed by atoms with van der Waals surface area (Å²) in [5, 5.41) is 3.85. The predicted octanol–water partition coefficient (Wildman–Crippen LogP) is 2.67. The third-order valence-electron chi connectivity index (χ3n) is 3.67. The van der Waals surface area contributed by atoms with Crippen molar-refractivity contribution in [1.29, 1.82) is 0 Å². The normalized spacial score (nSPS) is 17.6. The summed E-state index contributed by atoms with van der Waals surface area (Å²) in [7, 11) is 0. The van der Waals surface area contributed by atoms with Crippen LogP contribution in [0.25, 0.3) is 0 Å². The minimum absolute atomic E-state index is 0.217. The van der Waals surface area contributed by atoms with Crippen LogP contribution >= 0.6 is 0 Å². The van der Waals surface area contributed by atoms with E-state index < -0.39 is 17.2 Å². The zero-order valence-electron chi connectivity index (χ0n) is 10.9. The van der Waals surface area contributed by atoms with Crippen molar-refractivity contribution < 1.29 is 13.3 Å². The van der Waals surface area contributed by atoms with Gasteiger partial charge in [0.2, 0.25) is 5.89 Å². The average Bonchev–Trinajstić information content (AvgIpc) is 2.98. The Labute approximate surface area is 115 Å². The SMILES string of the molecule is NC1(c2nc(Cc3cc(F)cc(F)c3)no2)CCCC1. The van der Waals surface area contributed by atoms with Crippen molar-refractivity contribution in [3.8, 4) is 0 Å². The summed E-state index contributed by atoms with van der Waals surface area (Å²) in [5.74, 6) is -0.423. The largest absolute Gasteiger partial charge is 0.337 e. The molecule has 0 spiro atoms. The van der Waals surface area contributed by atoms with Gasteiger partial charge in [-0.15, -0.1) is 0 Å². The summed E-state index contributed by atoms with van der Waals surface area (Å²) in [6.07, 6.45) is 3.95. The molecule has 6 heteroatoms. The first-order valence-corrected chi connectivity index (χ1v) is 6.62. The molecule has 106 valence electrons. The highest BCUT2D eigenvalue weighted by molar-refractivity contribution is 5.21. The van der Waals surface area contributed by atoms with Crippen molar-refractivity contribution in [2.24, 2.45) is 5.73 Å². The molecular weight excluding hydrogens is 264 g/mol. The molecule has 1 aromatic carbocycles. The van der Waals surface area contributed by atoms with Crippen LogP contribution in [-0.4, -0.2) is 10.1 Å². The molecule has 2 aromatic rings. The number of nitrogens with two attached hydrogens (primary N) is 1. The third kappa shape index (κ3) is 2.56. The van der Waals surface area contributed by atoms with E-state index in [2.05, 4.69) is 10.1 Å². The second-order valence-electron chi connectivity index (χ2n) is 5.33. The fraction of sp³-hybridized carbons (Fsp3) is 0.429. The minimum atomic E-state index is -0.616. The summed E-state index contributed by atoms with van der Waals surface area (Å²) >= 11 is 0. The van der Waals surface area contributed by atoms with Gasteiger partial charge in [0, 0.05) is 12.5 Å². The molecule has 4 nitrogen and oxygen atoms in total. The van der Waals surface area contributed by atoms with Gasteiger partial charge >= 0.3 is 0 Å². The lowest BCUT2D eigenvalue weighted by atomic mass is 9.99. The molecule has 1 fully saturated rings. The smallest absolute Gasteiger partial charge is 0.246 e. The van der Waals surface area contributed by atoms with Crippen molar-refractivity contribution in [3.05, 3.63) is 47.1 Å². The lowest BCUT2D eigenvalue weighted by molar-refractivity contribution is 0.284. The molecule has 2 N–H and O–H groups in total. The molecule has 1 aliphatic rings. The molecule has 1 aliphatic carbocycles. The molecule has 1 saturated carbocycles. The second kappa shape index (κ2) is 4.94. The van der Waals surface area contributed by atoms with E-state index >= 15 is 0 Å². The van der Waals surface area contributed by atoms with Crippen LogP contribution in [0, 0.1) is 11.6 Å². The fourth-order valence-corrected chi connectivity index (χ4v) is 2.64. The topological polar surface area (TPSA) is 64.9 Å². The van der Waals surface area contributed by atoms with E-state index in [4.69, 9.17) is 10.3 Å². The lowest BCUT2D eigenvalue weighted by Crippen LogP contribution is -2.33. The number of nitrogens with zero attached hydrogens (tertiary/aromatic N) is 2. The Bertz CT molecular complexity index is 600. The molecule has 0 aliphatic heterocycles. The Balaban J connectivity index is 1.80. The van der Waals surface area contributed by atoms with Crippen LogP contribution in [-0.2, 0) is 12.0 Å². The number of hydrogen-bond acceptors (Lipinski definition) is 4. The molecule has 0 atom stereocenters. The Hall–Kier alpha value is -1.82. The van der Waals surface area contributed by atoms with E-state index in [1.165, 1.54) is 12.1 Å². The number of aromatic nitrogens is 2. The van der Waals surface area contributed by atoms with Crippen LogP contribution in [0.4, 0.5) is 8.78 Å². The summed E-state index contributed by atoms with van der Waals surface area (Å²) in [6, 6.07) is 3.35. The van der Waals surface area contributed by atoms with Crippen LogP contribution in [0.2, 0.25) is 0 Å². The monoisotopic (exact) mass is 279 g/mol. The number of hydrogen-bond donors (Lipinski definition) is 1. The zero-order chi connectivity index (χ0) is 14.2. The standard InChI is InChI=1S/C14H15F2N3O/c15-10-5-9(6-11(16)8-10)7-12-18-13(20-19-12)14(17)3-1-2-4-14/h5-6,8H,1-4,7,17H2. The van der Waals surface area contributed by atoms with Gasteiger partial charge in [-0.3, -0.25) is 0 Å². The highest BCUT2D eigenvalue weighted by atomic mass is 19.1. The van der Waals surface area contributed by atoms with Crippen LogP contribution in [0.1, 0.15) is 43.0 Å². The molecule has 20 heavy (non-hydrogen) atoms.